The number of hydrogen-bond acceptors (Lipinski definition) is 5. The lowest BCUT2D eigenvalue weighted by molar-refractivity contribution is -0.136. The summed E-state index contributed by atoms with van der Waals surface area (Å²) < 4.78 is 33.4. The van der Waals surface area contributed by atoms with Crippen LogP contribution in [0.1, 0.15) is 19.3 Å². The van der Waals surface area contributed by atoms with E-state index in [1.165, 1.54) is 8.61 Å². The monoisotopic (exact) mass is 346 g/mol. The lowest BCUT2D eigenvalue weighted by atomic mass is 10.1. The summed E-state index contributed by atoms with van der Waals surface area (Å²) in [5.74, 6) is 0.161. The van der Waals surface area contributed by atoms with Gasteiger partial charge in [-0.2, -0.15) is 17.0 Å². The number of rotatable bonds is 3. The molecule has 132 valence electrons. The minimum Gasteiger partial charge on any atom is -0.379 e. The lowest BCUT2D eigenvalue weighted by Crippen LogP contribution is -2.56. The van der Waals surface area contributed by atoms with Gasteiger partial charge in [-0.05, 0) is 19.3 Å². The topological polar surface area (TPSA) is 96.2 Å². The van der Waals surface area contributed by atoms with Crippen LogP contribution in [0.3, 0.4) is 0 Å². The Labute approximate surface area is 137 Å². The zero-order valence-electron chi connectivity index (χ0n) is 13.4. The maximum absolute atomic E-state index is 12.6. The average molecular weight is 346 g/mol. The van der Waals surface area contributed by atoms with Crippen molar-refractivity contribution < 1.29 is 17.9 Å². The summed E-state index contributed by atoms with van der Waals surface area (Å²) in [5, 5.41) is 0. The summed E-state index contributed by atoms with van der Waals surface area (Å²) in [6.45, 7) is 3.36. The Balaban J connectivity index is 1.54. The van der Waals surface area contributed by atoms with Crippen molar-refractivity contribution >= 4 is 16.1 Å². The van der Waals surface area contributed by atoms with Gasteiger partial charge in [0, 0.05) is 51.2 Å². The highest BCUT2D eigenvalue weighted by molar-refractivity contribution is 7.86. The maximum atomic E-state index is 12.6. The standard InChI is InChI=1S/C14H26N4O4S/c15-13-2-1-12(11-13)14(19)16-3-5-17(6-4-16)23(20,21)18-7-9-22-10-8-18/h12-13H,1-11,15H2. The number of nitrogens with zero attached hydrogens (tertiary/aromatic N) is 3. The first-order valence-electron chi connectivity index (χ1n) is 8.36. The van der Waals surface area contributed by atoms with Crippen LogP contribution in [0.25, 0.3) is 0 Å². The van der Waals surface area contributed by atoms with Crippen LogP contribution in [0.5, 0.6) is 0 Å². The fourth-order valence-corrected chi connectivity index (χ4v) is 5.14. The van der Waals surface area contributed by atoms with Crippen LogP contribution >= 0.6 is 0 Å². The first-order valence-corrected chi connectivity index (χ1v) is 9.75. The highest BCUT2D eigenvalue weighted by Crippen LogP contribution is 2.26. The van der Waals surface area contributed by atoms with Crippen molar-refractivity contribution in [3.05, 3.63) is 0 Å². The molecular formula is C14H26N4O4S. The maximum Gasteiger partial charge on any atom is 0.282 e. The molecule has 2 unspecified atom stereocenters. The molecule has 1 aliphatic carbocycles. The molecule has 9 heteroatoms. The SMILES string of the molecule is NC1CCC(C(=O)N2CCN(S(=O)(=O)N3CCOCC3)CC2)C1. The molecule has 2 saturated heterocycles. The van der Waals surface area contributed by atoms with E-state index < -0.39 is 10.2 Å². The summed E-state index contributed by atoms with van der Waals surface area (Å²) in [5.41, 5.74) is 5.88. The predicted octanol–water partition coefficient (Wildman–Crippen LogP) is -1.16. The van der Waals surface area contributed by atoms with Crippen molar-refractivity contribution in [3.63, 3.8) is 0 Å². The molecule has 2 aliphatic heterocycles. The number of ether oxygens (including phenoxy) is 1. The Bertz CT molecular complexity index is 527. The zero-order valence-corrected chi connectivity index (χ0v) is 14.2. The van der Waals surface area contributed by atoms with E-state index in [0.717, 1.165) is 19.3 Å². The van der Waals surface area contributed by atoms with Gasteiger partial charge in [0.1, 0.15) is 0 Å². The second-order valence-electron chi connectivity index (χ2n) is 6.51. The number of hydrogen-bond donors (Lipinski definition) is 1. The van der Waals surface area contributed by atoms with Crippen molar-refractivity contribution in [1.29, 1.82) is 0 Å². The highest BCUT2D eigenvalue weighted by Gasteiger charge is 2.36. The van der Waals surface area contributed by atoms with Crippen LogP contribution in [-0.2, 0) is 19.7 Å². The average Bonchev–Trinajstić information content (AvgIpc) is 3.01. The quantitative estimate of drug-likeness (QED) is 0.695. The minimum atomic E-state index is -3.43. The Hall–Kier alpha value is -0.740. The lowest BCUT2D eigenvalue weighted by Gasteiger charge is -2.38. The molecule has 3 rings (SSSR count). The van der Waals surface area contributed by atoms with E-state index in [2.05, 4.69) is 0 Å². The molecule has 0 spiro atoms. The molecule has 0 aromatic rings. The van der Waals surface area contributed by atoms with Crippen molar-refractivity contribution in [1.82, 2.24) is 13.5 Å². The van der Waals surface area contributed by atoms with Gasteiger partial charge in [-0.3, -0.25) is 4.79 Å². The summed E-state index contributed by atoms with van der Waals surface area (Å²) in [6, 6.07) is 0.131. The molecule has 3 aliphatic rings. The van der Waals surface area contributed by atoms with E-state index in [4.69, 9.17) is 10.5 Å². The van der Waals surface area contributed by atoms with Crippen LogP contribution in [-0.4, -0.2) is 86.4 Å². The van der Waals surface area contributed by atoms with E-state index >= 15 is 0 Å². The van der Waals surface area contributed by atoms with Gasteiger partial charge in [-0.15, -0.1) is 0 Å². The molecule has 0 radical (unpaired) electrons. The van der Waals surface area contributed by atoms with E-state index in [-0.39, 0.29) is 17.9 Å². The molecular weight excluding hydrogens is 320 g/mol. The van der Waals surface area contributed by atoms with Gasteiger partial charge in [0.2, 0.25) is 5.91 Å². The van der Waals surface area contributed by atoms with E-state index in [9.17, 15) is 13.2 Å². The normalized spacial score (nSPS) is 31.4. The smallest absolute Gasteiger partial charge is 0.282 e. The molecule has 2 atom stereocenters. The fraction of sp³-hybridized carbons (Fsp3) is 0.929. The molecule has 23 heavy (non-hydrogen) atoms. The van der Waals surface area contributed by atoms with Gasteiger partial charge in [0.25, 0.3) is 10.2 Å². The highest BCUT2D eigenvalue weighted by atomic mass is 32.2. The third kappa shape index (κ3) is 3.69. The molecule has 0 aromatic heterocycles. The molecule has 0 bridgehead atoms. The molecule has 2 heterocycles. The van der Waals surface area contributed by atoms with Crippen LogP contribution in [0.2, 0.25) is 0 Å². The van der Waals surface area contributed by atoms with Crippen LogP contribution < -0.4 is 5.73 Å². The van der Waals surface area contributed by atoms with E-state index in [0.29, 0.717) is 52.5 Å². The number of piperazine rings is 1. The first-order chi connectivity index (χ1) is 11.0. The van der Waals surface area contributed by atoms with Crippen molar-refractivity contribution in [2.24, 2.45) is 11.7 Å². The van der Waals surface area contributed by atoms with Crippen molar-refractivity contribution in [3.8, 4) is 0 Å². The van der Waals surface area contributed by atoms with Crippen LogP contribution in [0, 0.1) is 5.92 Å². The van der Waals surface area contributed by atoms with Gasteiger partial charge >= 0.3 is 0 Å². The van der Waals surface area contributed by atoms with Crippen LogP contribution in [0.15, 0.2) is 0 Å². The Kier molecular flexibility index (Phi) is 5.22. The molecule has 8 nitrogen and oxygen atoms in total. The third-order valence-corrected chi connectivity index (χ3v) is 7.03. The van der Waals surface area contributed by atoms with Crippen molar-refractivity contribution in [2.45, 2.75) is 25.3 Å². The third-order valence-electron chi connectivity index (χ3n) is 5.00. The number of carbonyl (C=O) groups excluding carboxylic acids is 1. The largest absolute Gasteiger partial charge is 0.379 e. The molecule has 1 saturated carbocycles. The number of morpholine rings is 1. The van der Waals surface area contributed by atoms with Gasteiger partial charge < -0.3 is 15.4 Å². The zero-order chi connectivity index (χ0) is 16.4. The summed E-state index contributed by atoms with van der Waals surface area (Å²) in [6.07, 6.45) is 2.51. The van der Waals surface area contributed by atoms with Gasteiger partial charge in [-0.1, -0.05) is 0 Å². The number of amides is 1. The van der Waals surface area contributed by atoms with Gasteiger partial charge in [0.15, 0.2) is 0 Å². The molecule has 0 aromatic carbocycles. The second-order valence-corrected chi connectivity index (χ2v) is 8.44. The molecule has 2 N–H and O–H groups in total. The predicted molar refractivity (Wildman–Crippen MR) is 84.8 cm³/mol. The fourth-order valence-electron chi connectivity index (χ4n) is 3.58. The van der Waals surface area contributed by atoms with Gasteiger partial charge in [0.05, 0.1) is 13.2 Å². The number of carbonyl (C=O) groups is 1. The van der Waals surface area contributed by atoms with E-state index in [1.54, 1.807) is 4.90 Å². The van der Waals surface area contributed by atoms with Gasteiger partial charge in [-0.25, -0.2) is 0 Å². The summed E-state index contributed by atoms with van der Waals surface area (Å²) >= 11 is 0. The Morgan fingerprint density at radius 3 is 2.13 bits per heavy atom. The number of nitrogens with two attached hydrogens (primary N) is 1. The molecule has 3 fully saturated rings. The minimum absolute atomic E-state index is 0.0207. The summed E-state index contributed by atoms with van der Waals surface area (Å²) in [7, 11) is -3.43. The first kappa shape index (κ1) is 17.1. The van der Waals surface area contributed by atoms with Crippen LogP contribution in [0.4, 0.5) is 0 Å². The second kappa shape index (κ2) is 7.02. The molecule has 1 amide bonds. The van der Waals surface area contributed by atoms with Crippen molar-refractivity contribution in [2.75, 3.05) is 52.5 Å². The summed E-state index contributed by atoms with van der Waals surface area (Å²) in [4.78, 5) is 14.3. The Morgan fingerprint density at radius 1 is 0.957 bits per heavy atom. The van der Waals surface area contributed by atoms with E-state index in [1.807, 2.05) is 0 Å². The Morgan fingerprint density at radius 2 is 1.57 bits per heavy atom.